The van der Waals surface area contributed by atoms with E-state index in [9.17, 15) is 5.11 Å². The molecule has 2 N–H and O–H groups in total. The molecule has 3 heterocycles. The molecule has 2 aromatic rings. The molecule has 0 unspecified atom stereocenters. The molecule has 19 heavy (non-hydrogen) atoms. The van der Waals surface area contributed by atoms with E-state index in [1.54, 1.807) is 4.57 Å². The van der Waals surface area contributed by atoms with Crippen LogP contribution < -0.4 is 0 Å². The van der Waals surface area contributed by atoms with Gasteiger partial charge in [0.15, 0.2) is 10.8 Å². The van der Waals surface area contributed by atoms with Crippen LogP contribution in [0.2, 0.25) is 10.4 Å². The Labute approximate surface area is 117 Å². The fraction of sp³-hybridized carbons (Fsp3) is 0.500. The molecule has 9 heteroatoms. The Hall–Kier alpha value is -0.990. The van der Waals surface area contributed by atoms with Gasteiger partial charge in [-0.05, 0) is 11.6 Å². The van der Waals surface area contributed by atoms with Gasteiger partial charge < -0.3 is 14.9 Å². The highest BCUT2D eigenvalue weighted by molar-refractivity contribution is 6.35. The fourth-order valence-electron chi connectivity index (χ4n) is 2.12. The van der Waals surface area contributed by atoms with Crippen molar-refractivity contribution in [2.24, 2.45) is 0 Å². The van der Waals surface area contributed by atoms with Crippen molar-refractivity contribution in [2.45, 2.75) is 24.9 Å². The molecule has 102 valence electrons. The highest BCUT2D eigenvalue weighted by Crippen LogP contribution is 2.31. The number of hydrogen-bond acceptors (Lipinski definition) is 6. The summed E-state index contributed by atoms with van der Waals surface area (Å²) in [4.78, 5) is 12.0. The van der Waals surface area contributed by atoms with Crippen molar-refractivity contribution in [1.82, 2.24) is 19.5 Å². The number of fused-ring (bicyclic) bond motifs is 1. The quantitative estimate of drug-likeness (QED) is 0.629. The van der Waals surface area contributed by atoms with E-state index in [0.717, 1.165) is 0 Å². The lowest BCUT2D eigenvalue weighted by atomic mass is 10.2. The Kier molecular flexibility index (Phi) is 3.32. The standard InChI is InChI=1S/C10H10Cl2N4O3/c11-8-7-9(15-10(12)14-8)16(3-13-7)6-1-4(18)5(2-17)19-6/h3-6,17-18H,1-2H2/t4-,5+,6+/m0/s1. The lowest BCUT2D eigenvalue weighted by Gasteiger charge is -2.13. The fourth-order valence-corrected chi connectivity index (χ4v) is 2.54. The summed E-state index contributed by atoms with van der Waals surface area (Å²) in [7, 11) is 0. The highest BCUT2D eigenvalue weighted by Gasteiger charge is 2.35. The summed E-state index contributed by atoms with van der Waals surface area (Å²) in [6, 6.07) is 0. The largest absolute Gasteiger partial charge is 0.394 e. The molecule has 7 nitrogen and oxygen atoms in total. The number of imidazole rings is 1. The number of halogens is 2. The molecule has 0 amide bonds. The molecule has 0 aromatic carbocycles. The van der Waals surface area contributed by atoms with Gasteiger partial charge in [-0.25, -0.2) is 9.97 Å². The molecule has 1 aliphatic rings. The van der Waals surface area contributed by atoms with Gasteiger partial charge in [-0.2, -0.15) is 4.98 Å². The number of rotatable bonds is 2. The Morgan fingerprint density at radius 1 is 1.42 bits per heavy atom. The zero-order valence-corrected chi connectivity index (χ0v) is 11.1. The van der Waals surface area contributed by atoms with Gasteiger partial charge in [0, 0.05) is 6.42 Å². The third-order valence-corrected chi connectivity index (χ3v) is 3.48. The van der Waals surface area contributed by atoms with E-state index in [2.05, 4.69) is 15.0 Å². The number of hydrogen-bond donors (Lipinski definition) is 2. The first-order chi connectivity index (χ1) is 9.10. The van der Waals surface area contributed by atoms with Gasteiger partial charge >= 0.3 is 0 Å². The second-order valence-electron chi connectivity index (χ2n) is 4.22. The SMILES string of the molecule is OC[C@H]1O[C@@H](n2cnc3c(Cl)nc(Cl)nc32)C[C@@H]1O. The number of ether oxygens (including phenoxy) is 1. The van der Waals surface area contributed by atoms with Crippen LogP contribution in [0, 0.1) is 0 Å². The van der Waals surface area contributed by atoms with Crippen LogP contribution in [0.15, 0.2) is 6.33 Å². The zero-order valence-electron chi connectivity index (χ0n) is 9.57. The molecular formula is C10H10Cl2N4O3. The number of aliphatic hydroxyl groups is 2. The van der Waals surface area contributed by atoms with Crippen molar-refractivity contribution in [1.29, 1.82) is 0 Å². The second kappa shape index (κ2) is 4.84. The van der Waals surface area contributed by atoms with Crippen LogP contribution in [-0.4, -0.2) is 48.5 Å². The average molecular weight is 305 g/mol. The molecule has 1 saturated heterocycles. The van der Waals surface area contributed by atoms with Crippen LogP contribution in [0.25, 0.3) is 11.2 Å². The predicted octanol–water partition coefficient (Wildman–Crippen LogP) is 0.774. The first-order valence-electron chi connectivity index (χ1n) is 5.60. The van der Waals surface area contributed by atoms with Crippen molar-refractivity contribution in [2.75, 3.05) is 6.61 Å². The lowest BCUT2D eigenvalue weighted by Crippen LogP contribution is -2.24. The van der Waals surface area contributed by atoms with Crippen LogP contribution in [0.1, 0.15) is 12.6 Å². The van der Waals surface area contributed by atoms with Crippen LogP contribution in [0.3, 0.4) is 0 Å². The number of aliphatic hydroxyl groups excluding tert-OH is 2. The maximum atomic E-state index is 9.74. The van der Waals surface area contributed by atoms with Gasteiger partial charge in [-0.1, -0.05) is 11.6 Å². The van der Waals surface area contributed by atoms with Crippen LogP contribution >= 0.6 is 23.2 Å². The van der Waals surface area contributed by atoms with Gasteiger partial charge in [0.25, 0.3) is 0 Å². The van der Waals surface area contributed by atoms with Crippen molar-refractivity contribution >= 4 is 34.4 Å². The summed E-state index contributed by atoms with van der Waals surface area (Å²) in [5, 5.41) is 19.0. The second-order valence-corrected chi connectivity index (χ2v) is 4.92. The van der Waals surface area contributed by atoms with E-state index in [-0.39, 0.29) is 17.0 Å². The summed E-state index contributed by atoms with van der Waals surface area (Å²) < 4.78 is 7.15. The minimum absolute atomic E-state index is 0.0107. The molecule has 1 fully saturated rings. The molecule has 0 aliphatic carbocycles. The van der Waals surface area contributed by atoms with Crippen molar-refractivity contribution in [3.63, 3.8) is 0 Å². The normalized spacial score (nSPS) is 27.3. The third-order valence-electron chi connectivity index (χ3n) is 3.05. The summed E-state index contributed by atoms with van der Waals surface area (Å²) >= 11 is 11.7. The van der Waals surface area contributed by atoms with Crippen molar-refractivity contribution < 1.29 is 14.9 Å². The minimum Gasteiger partial charge on any atom is -0.394 e. The molecular weight excluding hydrogens is 295 g/mol. The molecule has 0 saturated carbocycles. The topological polar surface area (TPSA) is 93.3 Å². The molecule has 0 radical (unpaired) electrons. The highest BCUT2D eigenvalue weighted by atomic mass is 35.5. The monoisotopic (exact) mass is 304 g/mol. The van der Waals surface area contributed by atoms with E-state index in [0.29, 0.717) is 17.6 Å². The van der Waals surface area contributed by atoms with Crippen molar-refractivity contribution in [3.05, 3.63) is 16.8 Å². The minimum atomic E-state index is -0.736. The van der Waals surface area contributed by atoms with Gasteiger partial charge in [0.05, 0.1) is 19.0 Å². The first-order valence-corrected chi connectivity index (χ1v) is 6.35. The van der Waals surface area contributed by atoms with Crippen LogP contribution in [0.5, 0.6) is 0 Å². The average Bonchev–Trinajstić information content (AvgIpc) is 2.92. The number of nitrogens with zero attached hydrogens (tertiary/aromatic N) is 4. The first kappa shape index (κ1) is 13.0. The lowest BCUT2D eigenvalue weighted by molar-refractivity contribution is -0.0432. The Morgan fingerprint density at radius 3 is 2.89 bits per heavy atom. The van der Waals surface area contributed by atoms with Crippen LogP contribution in [-0.2, 0) is 4.74 Å². The summed E-state index contributed by atoms with van der Waals surface area (Å²) in [6.45, 7) is -0.249. The summed E-state index contributed by atoms with van der Waals surface area (Å²) in [5.74, 6) is 0. The van der Waals surface area contributed by atoms with E-state index < -0.39 is 18.4 Å². The molecule has 2 aromatic heterocycles. The molecule has 0 bridgehead atoms. The third kappa shape index (κ3) is 2.17. The summed E-state index contributed by atoms with van der Waals surface area (Å²) in [5.41, 5.74) is 0.845. The van der Waals surface area contributed by atoms with E-state index in [1.165, 1.54) is 6.33 Å². The van der Waals surface area contributed by atoms with E-state index >= 15 is 0 Å². The molecule has 0 spiro atoms. The smallest absolute Gasteiger partial charge is 0.225 e. The Morgan fingerprint density at radius 2 is 2.21 bits per heavy atom. The maximum absolute atomic E-state index is 9.74. The van der Waals surface area contributed by atoms with Crippen molar-refractivity contribution in [3.8, 4) is 0 Å². The van der Waals surface area contributed by atoms with Gasteiger partial charge in [-0.15, -0.1) is 0 Å². The van der Waals surface area contributed by atoms with Gasteiger partial charge in [-0.3, -0.25) is 4.57 Å². The Bertz CT molecular complexity index is 620. The zero-order chi connectivity index (χ0) is 13.6. The van der Waals surface area contributed by atoms with Crippen LogP contribution in [0.4, 0.5) is 0 Å². The maximum Gasteiger partial charge on any atom is 0.225 e. The number of aromatic nitrogens is 4. The molecule has 1 aliphatic heterocycles. The van der Waals surface area contributed by atoms with Gasteiger partial charge in [0.1, 0.15) is 17.8 Å². The van der Waals surface area contributed by atoms with Gasteiger partial charge in [0.2, 0.25) is 5.28 Å². The summed E-state index contributed by atoms with van der Waals surface area (Å²) in [6.07, 6.45) is 0.00360. The molecule has 3 atom stereocenters. The molecule has 3 rings (SSSR count). The van der Waals surface area contributed by atoms with E-state index in [4.69, 9.17) is 33.0 Å². The predicted molar refractivity (Wildman–Crippen MR) is 67.0 cm³/mol. The Balaban J connectivity index is 2.02. The van der Waals surface area contributed by atoms with E-state index in [1.807, 2.05) is 0 Å².